The quantitative estimate of drug-likeness (QED) is 0.859. The minimum atomic E-state index is -0.849. The molecule has 0 aliphatic heterocycles. The highest BCUT2D eigenvalue weighted by molar-refractivity contribution is 5.89. The lowest BCUT2D eigenvalue weighted by Crippen LogP contribution is -2.37. The second-order valence-electron chi connectivity index (χ2n) is 5.78. The average molecular weight is 247 g/mol. The zero-order valence-corrected chi connectivity index (χ0v) is 11.1. The van der Waals surface area contributed by atoms with Gasteiger partial charge in [0.2, 0.25) is 0 Å². The van der Waals surface area contributed by atoms with E-state index in [1.165, 1.54) is 19.3 Å². The van der Waals surface area contributed by atoms with Crippen LogP contribution in [-0.4, -0.2) is 17.1 Å². The van der Waals surface area contributed by atoms with Gasteiger partial charge in [-0.2, -0.15) is 0 Å². The van der Waals surface area contributed by atoms with Gasteiger partial charge in [0, 0.05) is 12.6 Å². The van der Waals surface area contributed by atoms with Crippen LogP contribution in [0.25, 0.3) is 0 Å². The normalized spacial score (nSPS) is 22.0. The van der Waals surface area contributed by atoms with E-state index in [1.54, 1.807) is 12.1 Å². The molecule has 2 rings (SSSR count). The molecule has 98 valence electrons. The Hall–Kier alpha value is -1.35. The molecule has 1 fully saturated rings. The van der Waals surface area contributed by atoms with Crippen molar-refractivity contribution in [1.82, 2.24) is 5.32 Å². The van der Waals surface area contributed by atoms with Crippen LogP contribution in [0, 0.1) is 5.41 Å². The molecule has 1 aromatic carbocycles. The number of nitrogens with one attached hydrogen (secondary N) is 1. The van der Waals surface area contributed by atoms with Gasteiger partial charge >= 0.3 is 5.97 Å². The summed E-state index contributed by atoms with van der Waals surface area (Å²) in [6.45, 7) is 5.19. The van der Waals surface area contributed by atoms with Gasteiger partial charge in [0.25, 0.3) is 0 Å². The topological polar surface area (TPSA) is 49.3 Å². The van der Waals surface area contributed by atoms with Crippen LogP contribution in [0.3, 0.4) is 0 Å². The van der Waals surface area contributed by atoms with E-state index in [0.717, 1.165) is 5.56 Å². The summed E-state index contributed by atoms with van der Waals surface area (Å²) in [6.07, 6.45) is 3.68. The van der Waals surface area contributed by atoms with E-state index < -0.39 is 5.97 Å². The first-order chi connectivity index (χ1) is 8.50. The highest BCUT2D eigenvalue weighted by Crippen LogP contribution is 2.37. The van der Waals surface area contributed by atoms with Crippen LogP contribution >= 0.6 is 0 Å². The molecule has 2 N–H and O–H groups in total. The lowest BCUT2D eigenvalue weighted by molar-refractivity contribution is 0.0695. The predicted molar refractivity (Wildman–Crippen MR) is 71.7 cm³/mol. The third kappa shape index (κ3) is 2.72. The zero-order chi connectivity index (χ0) is 13.2. The minimum absolute atomic E-state index is 0.318. The van der Waals surface area contributed by atoms with Crippen molar-refractivity contribution < 1.29 is 9.90 Å². The molecule has 3 nitrogen and oxygen atoms in total. The van der Waals surface area contributed by atoms with Crippen molar-refractivity contribution in [3.05, 3.63) is 35.4 Å². The molecule has 1 unspecified atom stereocenters. The second-order valence-corrected chi connectivity index (χ2v) is 5.78. The van der Waals surface area contributed by atoms with Gasteiger partial charge < -0.3 is 10.4 Å². The number of carboxylic acid groups (broad SMARTS) is 1. The third-order valence-electron chi connectivity index (χ3n) is 4.04. The van der Waals surface area contributed by atoms with Crippen LogP contribution in [-0.2, 0) is 6.54 Å². The van der Waals surface area contributed by atoms with Crippen molar-refractivity contribution in [2.24, 2.45) is 5.41 Å². The average Bonchev–Trinajstić information content (AvgIpc) is 2.66. The Morgan fingerprint density at radius 3 is 2.78 bits per heavy atom. The van der Waals surface area contributed by atoms with Gasteiger partial charge in [-0.25, -0.2) is 4.79 Å². The van der Waals surface area contributed by atoms with Gasteiger partial charge in [0.15, 0.2) is 0 Å². The van der Waals surface area contributed by atoms with Crippen molar-refractivity contribution in [2.75, 3.05) is 0 Å². The molecule has 3 heteroatoms. The summed E-state index contributed by atoms with van der Waals surface area (Å²) >= 11 is 0. The Kier molecular flexibility index (Phi) is 3.71. The highest BCUT2D eigenvalue weighted by atomic mass is 16.4. The molecule has 18 heavy (non-hydrogen) atoms. The monoisotopic (exact) mass is 247 g/mol. The maximum absolute atomic E-state index is 11.1. The molecule has 1 aliphatic carbocycles. The second kappa shape index (κ2) is 5.11. The van der Waals surface area contributed by atoms with Crippen LogP contribution in [0.5, 0.6) is 0 Å². The summed E-state index contributed by atoms with van der Waals surface area (Å²) in [7, 11) is 0. The largest absolute Gasteiger partial charge is 0.478 e. The molecule has 0 bridgehead atoms. The Bertz CT molecular complexity index is 440. The molecule has 0 heterocycles. The van der Waals surface area contributed by atoms with Gasteiger partial charge in [-0.1, -0.05) is 38.5 Å². The zero-order valence-electron chi connectivity index (χ0n) is 11.1. The lowest BCUT2D eigenvalue weighted by atomic mass is 9.87. The van der Waals surface area contributed by atoms with Crippen LogP contribution in [0.2, 0.25) is 0 Å². The number of hydrogen-bond acceptors (Lipinski definition) is 2. The first kappa shape index (κ1) is 13.1. The molecule has 1 aromatic rings. The van der Waals surface area contributed by atoms with Crippen molar-refractivity contribution in [2.45, 2.75) is 45.7 Å². The number of rotatable bonds is 4. The van der Waals surface area contributed by atoms with Crippen molar-refractivity contribution in [3.63, 3.8) is 0 Å². The molecule has 1 atom stereocenters. The van der Waals surface area contributed by atoms with E-state index in [-0.39, 0.29) is 0 Å². The SMILES string of the molecule is CC1(C)CCCC1NCc1ccccc1C(=O)O. The summed E-state index contributed by atoms with van der Waals surface area (Å²) in [5, 5.41) is 12.7. The van der Waals surface area contributed by atoms with Crippen LogP contribution in [0.15, 0.2) is 24.3 Å². The van der Waals surface area contributed by atoms with E-state index in [4.69, 9.17) is 5.11 Å². The van der Waals surface area contributed by atoms with Crippen LogP contribution < -0.4 is 5.32 Å². The molecule has 0 saturated heterocycles. The number of carbonyl (C=O) groups is 1. The first-order valence-electron chi connectivity index (χ1n) is 6.55. The van der Waals surface area contributed by atoms with Crippen molar-refractivity contribution >= 4 is 5.97 Å². The van der Waals surface area contributed by atoms with Gasteiger partial charge in [-0.3, -0.25) is 0 Å². The molecule has 0 radical (unpaired) electrons. The molecule has 1 saturated carbocycles. The smallest absolute Gasteiger partial charge is 0.336 e. The van der Waals surface area contributed by atoms with E-state index in [2.05, 4.69) is 19.2 Å². The lowest BCUT2D eigenvalue weighted by Gasteiger charge is -2.28. The molecule has 0 spiro atoms. The van der Waals surface area contributed by atoms with Gasteiger partial charge in [0.1, 0.15) is 0 Å². The number of benzene rings is 1. The number of aromatic carboxylic acids is 1. The van der Waals surface area contributed by atoms with E-state index in [9.17, 15) is 4.79 Å². The Morgan fingerprint density at radius 2 is 2.17 bits per heavy atom. The summed E-state index contributed by atoms with van der Waals surface area (Å²) in [5.74, 6) is -0.849. The predicted octanol–water partition coefficient (Wildman–Crippen LogP) is 3.05. The number of hydrogen-bond donors (Lipinski definition) is 2. The molecular weight excluding hydrogens is 226 g/mol. The van der Waals surface area contributed by atoms with Crippen molar-refractivity contribution in [1.29, 1.82) is 0 Å². The Morgan fingerprint density at radius 1 is 1.44 bits per heavy atom. The highest BCUT2D eigenvalue weighted by Gasteiger charge is 2.33. The molecular formula is C15H21NO2. The fraction of sp³-hybridized carbons (Fsp3) is 0.533. The van der Waals surface area contributed by atoms with E-state index >= 15 is 0 Å². The Balaban J connectivity index is 2.04. The standard InChI is InChI=1S/C15H21NO2/c1-15(2)9-5-8-13(15)16-10-11-6-3-4-7-12(11)14(17)18/h3-4,6-7,13,16H,5,8-10H2,1-2H3,(H,17,18). The van der Waals surface area contributed by atoms with Crippen LogP contribution in [0.4, 0.5) is 0 Å². The van der Waals surface area contributed by atoms with Crippen LogP contribution in [0.1, 0.15) is 49.0 Å². The fourth-order valence-electron chi connectivity index (χ4n) is 2.82. The fourth-order valence-corrected chi connectivity index (χ4v) is 2.82. The maximum atomic E-state index is 11.1. The summed E-state index contributed by atoms with van der Waals surface area (Å²) in [5.41, 5.74) is 1.59. The minimum Gasteiger partial charge on any atom is -0.478 e. The van der Waals surface area contributed by atoms with E-state index in [1.807, 2.05) is 12.1 Å². The summed E-state index contributed by atoms with van der Waals surface area (Å²) in [4.78, 5) is 11.1. The van der Waals surface area contributed by atoms with Gasteiger partial charge in [-0.05, 0) is 29.9 Å². The summed E-state index contributed by atoms with van der Waals surface area (Å²) < 4.78 is 0. The van der Waals surface area contributed by atoms with Gasteiger partial charge in [0.05, 0.1) is 5.56 Å². The van der Waals surface area contributed by atoms with Gasteiger partial charge in [-0.15, -0.1) is 0 Å². The first-order valence-corrected chi connectivity index (χ1v) is 6.55. The molecule has 0 aromatic heterocycles. The molecule has 1 aliphatic rings. The summed E-state index contributed by atoms with van der Waals surface area (Å²) in [6, 6.07) is 7.70. The van der Waals surface area contributed by atoms with E-state index in [0.29, 0.717) is 23.6 Å². The number of carboxylic acids is 1. The Labute approximate surface area is 108 Å². The molecule has 0 amide bonds. The third-order valence-corrected chi connectivity index (χ3v) is 4.04. The van der Waals surface area contributed by atoms with Crippen molar-refractivity contribution in [3.8, 4) is 0 Å². The maximum Gasteiger partial charge on any atom is 0.336 e.